The first-order valence-corrected chi connectivity index (χ1v) is 7.64. The summed E-state index contributed by atoms with van der Waals surface area (Å²) in [6.07, 6.45) is 1.52. The average molecular weight is 285 g/mol. The SMILES string of the molecule is COC(=O)C1CCc2cccc(NS(C)(=O)=O)c2O1. The molecule has 1 aliphatic heterocycles. The Hall–Kier alpha value is -1.76. The molecule has 6 nitrogen and oxygen atoms in total. The van der Waals surface area contributed by atoms with Gasteiger partial charge in [-0.15, -0.1) is 0 Å². The summed E-state index contributed by atoms with van der Waals surface area (Å²) in [5, 5.41) is 0. The van der Waals surface area contributed by atoms with Crippen LogP contribution in [0.4, 0.5) is 5.69 Å². The van der Waals surface area contributed by atoms with Gasteiger partial charge in [0.2, 0.25) is 10.0 Å². The maximum absolute atomic E-state index is 11.5. The van der Waals surface area contributed by atoms with E-state index in [9.17, 15) is 13.2 Å². The molecule has 1 aliphatic rings. The number of esters is 1. The van der Waals surface area contributed by atoms with Crippen LogP contribution in [0.1, 0.15) is 12.0 Å². The molecule has 0 saturated heterocycles. The van der Waals surface area contributed by atoms with Crippen molar-refractivity contribution in [1.29, 1.82) is 0 Å². The first kappa shape index (κ1) is 13.7. The number of benzene rings is 1. The van der Waals surface area contributed by atoms with E-state index in [0.29, 0.717) is 24.3 Å². The lowest BCUT2D eigenvalue weighted by atomic mass is 10.0. The quantitative estimate of drug-likeness (QED) is 0.835. The van der Waals surface area contributed by atoms with Gasteiger partial charge in [-0.2, -0.15) is 0 Å². The number of hydrogen-bond donors (Lipinski definition) is 1. The fourth-order valence-electron chi connectivity index (χ4n) is 1.99. The maximum atomic E-state index is 11.5. The molecule has 0 saturated carbocycles. The monoisotopic (exact) mass is 285 g/mol. The molecule has 2 rings (SSSR count). The summed E-state index contributed by atoms with van der Waals surface area (Å²) in [6, 6.07) is 5.18. The number of aryl methyl sites for hydroxylation is 1. The first-order chi connectivity index (χ1) is 8.90. The lowest BCUT2D eigenvalue weighted by Crippen LogP contribution is -2.32. The van der Waals surface area contributed by atoms with Gasteiger partial charge in [-0.25, -0.2) is 13.2 Å². The molecular weight excluding hydrogens is 270 g/mol. The van der Waals surface area contributed by atoms with Gasteiger partial charge in [-0.05, 0) is 24.5 Å². The Morgan fingerprint density at radius 3 is 2.84 bits per heavy atom. The predicted molar refractivity (Wildman–Crippen MR) is 69.7 cm³/mol. The molecule has 0 fully saturated rings. The summed E-state index contributed by atoms with van der Waals surface area (Å²) in [7, 11) is -2.11. The fraction of sp³-hybridized carbons (Fsp3) is 0.417. The van der Waals surface area contributed by atoms with Crippen molar-refractivity contribution in [3.63, 3.8) is 0 Å². The van der Waals surface area contributed by atoms with Crippen LogP contribution in [0.3, 0.4) is 0 Å². The summed E-state index contributed by atoms with van der Waals surface area (Å²) in [5.41, 5.74) is 1.21. The summed E-state index contributed by atoms with van der Waals surface area (Å²) < 4.78 is 35.2. The number of anilines is 1. The number of ether oxygens (including phenoxy) is 2. The third-order valence-corrected chi connectivity index (χ3v) is 3.38. The van der Waals surface area contributed by atoms with E-state index in [-0.39, 0.29) is 0 Å². The number of carbonyl (C=O) groups excluding carboxylic acids is 1. The third kappa shape index (κ3) is 3.17. The highest BCUT2D eigenvalue weighted by Crippen LogP contribution is 2.35. The highest BCUT2D eigenvalue weighted by Gasteiger charge is 2.28. The van der Waals surface area contributed by atoms with Gasteiger partial charge in [0.05, 0.1) is 19.1 Å². The summed E-state index contributed by atoms with van der Waals surface area (Å²) in [6.45, 7) is 0. The number of fused-ring (bicyclic) bond motifs is 1. The molecule has 1 heterocycles. The summed E-state index contributed by atoms with van der Waals surface area (Å²) in [5.74, 6) is -0.0608. The zero-order chi connectivity index (χ0) is 14.0. The van der Waals surface area contributed by atoms with E-state index in [1.807, 2.05) is 6.07 Å². The zero-order valence-corrected chi connectivity index (χ0v) is 11.5. The molecule has 1 N–H and O–H groups in total. The fourth-order valence-corrected chi connectivity index (χ4v) is 2.55. The normalized spacial score (nSPS) is 18.1. The number of sulfonamides is 1. The van der Waals surface area contributed by atoms with Crippen molar-refractivity contribution in [2.45, 2.75) is 18.9 Å². The average Bonchev–Trinajstić information content (AvgIpc) is 2.36. The van der Waals surface area contributed by atoms with E-state index in [2.05, 4.69) is 9.46 Å². The Bertz CT molecular complexity index is 596. The van der Waals surface area contributed by atoms with E-state index < -0.39 is 22.1 Å². The van der Waals surface area contributed by atoms with Crippen LogP contribution in [-0.4, -0.2) is 33.9 Å². The zero-order valence-electron chi connectivity index (χ0n) is 10.7. The van der Waals surface area contributed by atoms with Crippen LogP contribution >= 0.6 is 0 Å². The molecule has 0 bridgehead atoms. The molecule has 1 aromatic rings. The highest BCUT2D eigenvalue weighted by atomic mass is 32.2. The van der Waals surface area contributed by atoms with E-state index in [0.717, 1.165) is 11.8 Å². The van der Waals surface area contributed by atoms with Crippen LogP contribution in [0, 0.1) is 0 Å². The van der Waals surface area contributed by atoms with Gasteiger partial charge in [0.1, 0.15) is 5.75 Å². The van der Waals surface area contributed by atoms with Gasteiger partial charge in [0, 0.05) is 0 Å². The third-order valence-electron chi connectivity index (χ3n) is 2.79. The van der Waals surface area contributed by atoms with E-state index in [1.165, 1.54) is 7.11 Å². The number of rotatable bonds is 3. The molecule has 0 spiro atoms. The van der Waals surface area contributed by atoms with Crippen molar-refractivity contribution in [2.24, 2.45) is 0 Å². The van der Waals surface area contributed by atoms with E-state index in [4.69, 9.17) is 4.74 Å². The first-order valence-electron chi connectivity index (χ1n) is 5.75. The molecular formula is C12H15NO5S. The lowest BCUT2D eigenvalue weighted by molar-refractivity contribution is -0.149. The minimum atomic E-state index is -3.40. The molecule has 104 valence electrons. The van der Waals surface area contributed by atoms with E-state index >= 15 is 0 Å². The Morgan fingerprint density at radius 2 is 2.21 bits per heavy atom. The topological polar surface area (TPSA) is 81.7 Å². The molecule has 0 aromatic heterocycles. The molecule has 0 amide bonds. The van der Waals surface area contributed by atoms with Gasteiger partial charge in [0.15, 0.2) is 6.10 Å². The van der Waals surface area contributed by atoms with Crippen molar-refractivity contribution in [1.82, 2.24) is 0 Å². The second-order valence-corrected chi connectivity index (χ2v) is 6.08. The van der Waals surface area contributed by atoms with Gasteiger partial charge in [0.25, 0.3) is 0 Å². The van der Waals surface area contributed by atoms with Crippen molar-refractivity contribution in [3.05, 3.63) is 23.8 Å². The van der Waals surface area contributed by atoms with Crippen molar-refractivity contribution < 1.29 is 22.7 Å². The largest absolute Gasteiger partial charge is 0.476 e. The summed E-state index contributed by atoms with van der Waals surface area (Å²) in [4.78, 5) is 11.5. The van der Waals surface area contributed by atoms with Crippen LogP contribution in [-0.2, 0) is 26.0 Å². The number of carbonyl (C=O) groups is 1. The van der Waals surface area contributed by atoms with Crippen LogP contribution in [0.15, 0.2) is 18.2 Å². The van der Waals surface area contributed by atoms with Crippen molar-refractivity contribution in [2.75, 3.05) is 18.1 Å². The summed E-state index contributed by atoms with van der Waals surface area (Å²) >= 11 is 0. The Labute approximate surface area is 111 Å². The van der Waals surface area contributed by atoms with E-state index in [1.54, 1.807) is 12.1 Å². The van der Waals surface area contributed by atoms with Gasteiger partial charge in [-0.1, -0.05) is 12.1 Å². The standard InChI is InChI=1S/C12H15NO5S/c1-17-12(14)10-7-6-8-4-3-5-9(11(8)18-10)13-19(2,15)16/h3-5,10,13H,6-7H2,1-2H3. The van der Waals surface area contributed by atoms with Crippen LogP contribution in [0.25, 0.3) is 0 Å². The van der Waals surface area contributed by atoms with Gasteiger partial charge in [-0.3, -0.25) is 4.72 Å². The smallest absolute Gasteiger partial charge is 0.347 e. The molecule has 0 radical (unpaired) electrons. The number of hydrogen-bond acceptors (Lipinski definition) is 5. The minimum absolute atomic E-state index is 0.341. The predicted octanol–water partition coefficient (Wildman–Crippen LogP) is 0.925. The highest BCUT2D eigenvalue weighted by molar-refractivity contribution is 7.92. The molecule has 0 aliphatic carbocycles. The van der Waals surface area contributed by atoms with Crippen molar-refractivity contribution >= 4 is 21.7 Å². The second kappa shape index (κ2) is 5.08. The number of methoxy groups -OCH3 is 1. The lowest BCUT2D eigenvalue weighted by Gasteiger charge is -2.26. The second-order valence-electron chi connectivity index (χ2n) is 4.34. The Balaban J connectivity index is 2.33. The van der Waals surface area contributed by atoms with Crippen LogP contribution < -0.4 is 9.46 Å². The molecule has 19 heavy (non-hydrogen) atoms. The number of para-hydroxylation sites is 1. The Morgan fingerprint density at radius 1 is 1.47 bits per heavy atom. The van der Waals surface area contributed by atoms with Gasteiger partial charge < -0.3 is 9.47 Å². The Kier molecular flexibility index (Phi) is 3.66. The van der Waals surface area contributed by atoms with Crippen molar-refractivity contribution in [3.8, 4) is 5.75 Å². The van der Waals surface area contributed by atoms with Crippen LogP contribution in [0.2, 0.25) is 0 Å². The van der Waals surface area contributed by atoms with Gasteiger partial charge >= 0.3 is 5.97 Å². The molecule has 7 heteroatoms. The minimum Gasteiger partial charge on any atom is -0.476 e. The number of nitrogens with one attached hydrogen (secondary N) is 1. The molecule has 1 unspecified atom stereocenters. The maximum Gasteiger partial charge on any atom is 0.347 e. The molecule has 1 atom stereocenters. The van der Waals surface area contributed by atoms with Crippen LogP contribution in [0.5, 0.6) is 5.75 Å². The molecule has 1 aromatic carbocycles.